The third kappa shape index (κ3) is 1.53. The Kier molecular flexibility index (Phi) is 2.39. The van der Waals surface area contributed by atoms with Gasteiger partial charge in [-0.05, 0) is 0 Å². The highest BCUT2D eigenvalue weighted by atomic mass is 19.2. The van der Waals surface area contributed by atoms with E-state index in [1.807, 2.05) is 0 Å². The topological polar surface area (TPSA) is 94.8 Å². The summed E-state index contributed by atoms with van der Waals surface area (Å²) in [5, 5.41) is 20.5. The maximum atomic E-state index is 13.2. The smallest absolute Gasteiger partial charge is 0.339 e. The van der Waals surface area contributed by atoms with Crippen LogP contribution in [0, 0.1) is 17.5 Å². The van der Waals surface area contributed by atoms with Gasteiger partial charge in [0.15, 0.2) is 17.4 Å². The third-order valence-electron chi connectivity index (χ3n) is 1.72. The van der Waals surface area contributed by atoms with Crippen molar-refractivity contribution < 1.29 is 38.1 Å². The van der Waals surface area contributed by atoms with E-state index in [-0.39, 0.29) is 0 Å². The van der Waals surface area contributed by atoms with Gasteiger partial charge in [0.05, 0.1) is 0 Å². The van der Waals surface area contributed by atoms with Gasteiger partial charge in [-0.25, -0.2) is 18.4 Å². The van der Waals surface area contributed by atoms with Crippen molar-refractivity contribution in [3.63, 3.8) is 0 Å². The van der Waals surface area contributed by atoms with E-state index in [0.717, 1.165) is 0 Å². The first-order valence-corrected chi connectivity index (χ1v) is 3.63. The highest BCUT2D eigenvalue weighted by Crippen LogP contribution is 2.29. The summed E-state index contributed by atoms with van der Waals surface area (Å²) in [6.45, 7) is 0. The number of carboxylic acid groups (broad SMARTS) is 2. The van der Waals surface area contributed by atoms with Gasteiger partial charge in [0.2, 0.25) is 5.82 Å². The fourth-order valence-corrected chi connectivity index (χ4v) is 1.04. The van der Waals surface area contributed by atoms with E-state index in [4.69, 9.17) is 11.6 Å². The number of aromatic hydroxyl groups is 1. The number of rotatable bonds is 2. The van der Waals surface area contributed by atoms with Crippen LogP contribution in [0.2, 0.25) is 0 Å². The van der Waals surface area contributed by atoms with Crippen molar-refractivity contribution in [1.82, 2.24) is 0 Å². The minimum Gasteiger partial charge on any atom is -0.503 e. The van der Waals surface area contributed by atoms with Crippen molar-refractivity contribution >= 4 is 11.9 Å². The van der Waals surface area contributed by atoms with E-state index in [1.165, 1.54) is 0 Å². The Balaban J connectivity index is 3.78. The van der Waals surface area contributed by atoms with Crippen LogP contribution in [0.25, 0.3) is 1.43 Å². The van der Waals surface area contributed by atoms with Gasteiger partial charge in [-0.15, -0.1) is 0 Å². The maximum absolute atomic E-state index is 13.2. The molecule has 8 heteroatoms. The molecule has 0 spiro atoms. The first-order valence-electron chi connectivity index (χ1n) is 4.03. The molecular weight excluding hydrogens is 233 g/mol. The number of phenols is 1. The molecule has 0 aliphatic carbocycles. The molecule has 0 amide bonds. The van der Waals surface area contributed by atoms with Crippen LogP contribution in [0.15, 0.2) is 0 Å². The van der Waals surface area contributed by atoms with E-state index in [9.17, 15) is 22.8 Å². The number of phenolic OH excluding ortho intramolecular Hbond substituents is 1. The summed E-state index contributed by atoms with van der Waals surface area (Å²) >= 11 is 0. The van der Waals surface area contributed by atoms with Crippen LogP contribution in [0.3, 0.4) is 0 Å². The average Bonchev–Trinajstić information content (AvgIpc) is 2.29. The highest BCUT2D eigenvalue weighted by Gasteiger charge is 2.32. The molecule has 0 saturated carbocycles. The number of aromatic carboxylic acids is 2. The van der Waals surface area contributed by atoms with Gasteiger partial charge in [-0.1, -0.05) is 0 Å². The van der Waals surface area contributed by atoms with Gasteiger partial charge >= 0.3 is 11.9 Å². The summed E-state index contributed by atoms with van der Waals surface area (Å²) in [5.41, 5.74) is -3.22. The molecule has 0 radical (unpaired) electrons. The zero-order valence-corrected chi connectivity index (χ0v) is 7.25. The Hall–Kier alpha value is -2.25. The number of hydrogen-bond donors (Lipinski definition) is 3. The number of halogens is 3. The molecule has 0 heterocycles. The quantitative estimate of drug-likeness (QED) is 0.673. The molecule has 0 unspecified atom stereocenters. The van der Waals surface area contributed by atoms with Crippen molar-refractivity contribution in [2.24, 2.45) is 0 Å². The number of hydrogen-bond acceptors (Lipinski definition) is 4. The van der Waals surface area contributed by atoms with Gasteiger partial charge in [-0.2, -0.15) is 4.39 Å². The SMILES string of the molecule is [3H]OC(=O)c1c(F)c(F)c(O)c(F)c1C(=O)O. The first kappa shape index (κ1) is 10.3. The van der Waals surface area contributed by atoms with Crippen molar-refractivity contribution in [2.75, 3.05) is 0 Å². The summed E-state index contributed by atoms with van der Waals surface area (Å²) in [5.74, 6) is -12.2. The Morgan fingerprint density at radius 2 is 1.50 bits per heavy atom. The molecule has 1 aromatic rings. The fraction of sp³-hybridized carbons (Fsp3) is 0. The molecule has 0 atom stereocenters. The monoisotopic (exact) mass is 238 g/mol. The molecule has 0 saturated heterocycles. The normalized spacial score (nSPS) is 10.8. The van der Waals surface area contributed by atoms with Crippen LogP contribution < -0.4 is 0 Å². The van der Waals surface area contributed by atoms with Crippen molar-refractivity contribution in [2.45, 2.75) is 0 Å². The number of carbonyl (C=O) groups is 2. The number of benzene rings is 1. The predicted molar refractivity (Wildman–Crippen MR) is 41.9 cm³/mol. The van der Waals surface area contributed by atoms with E-state index in [2.05, 4.69) is 5.11 Å². The minimum atomic E-state index is -2.15. The van der Waals surface area contributed by atoms with E-state index in [1.54, 1.807) is 0 Å². The maximum Gasteiger partial charge on any atom is 0.339 e. The Morgan fingerprint density at radius 3 is 1.94 bits per heavy atom. The third-order valence-corrected chi connectivity index (χ3v) is 1.72. The molecule has 1 rings (SSSR count). The lowest BCUT2D eigenvalue weighted by atomic mass is 10.0. The summed E-state index contributed by atoms with van der Waals surface area (Å²) in [7, 11) is 0. The van der Waals surface area contributed by atoms with Gasteiger partial charge in [-0.3, -0.25) is 0 Å². The van der Waals surface area contributed by atoms with Crippen molar-refractivity contribution in [3.8, 4) is 5.75 Å². The summed E-state index contributed by atoms with van der Waals surface area (Å²) < 4.78 is 45.3. The minimum absolute atomic E-state index is 1.61. The molecule has 0 aliphatic heterocycles. The first-order chi connectivity index (χ1) is 7.82. The zero-order valence-electron chi connectivity index (χ0n) is 8.25. The highest BCUT2D eigenvalue weighted by molar-refractivity contribution is 6.02. The molecule has 3 N–H and O–H groups in total. The number of carboxylic acids is 2. The van der Waals surface area contributed by atoms with Gasteiger partial charge < -0.3 is 15.3 Å². The standard InChI is InChI=1S/C8H3F3O5/c9-3-1(7(13)14)2(8(15)16)4(10)6(12)5(3)11/h12H,(H,13,14)(H,15,16)/i/hT. The largest absolute Gasteiger partial charge is 0.503 e. The lowest BCUT2D eigenvalue weighted by molar-refractivity contribution is 0.0640. The Bertz CT molecular complexity index is 517. The molecular formula is C8H3F3O5. The molecule has 5 nitrogen and oxygen atoms in total. The van der Waals surface area contributed by atoms with Gasteiger partial charge in [0.1, 0.15) is 11.1 Å². The van der Waals surface area contributed by atoms with Crippen LogP contribution in [0.1, 0.15) is 20.7 Å². The molecule has 0 fully saturated rings. The van der Waals surface area contributed by atoms with Gasteiger partial charge in [0.25, 0.3) is 1.43 Å². The summed E-state index contributed by atoms with van der Waals surface area (Å²) in [6, 6.07) is 0. The van der Waals surface area contributed by atoms with Crippen LogP contribution in [-0.2, 0) is 0 Å². The fourth-order valence-electron chi connectivity index (χ4n) is 1.04. The lowest BCUT2D eigenvalue weighted by Gasteiger charge is -2.07. The van der Waals surface area contributed by atoms with E-state index in [0.29, 0.717) is 0 Å². The second-order valence-corrected chi connectivity index (χ2v) is 2.63. The van der Waals surface area contributed by atoms with Crippen molar-refractivity contribution in [3.05, 3.63) is 28.6 Å². The van der Waals surface area contributed by atoms with Crippen LogP contribution >= 0.6 is 0 Å². The zero-order chi connectivity index (χ0) is 13.3. The Morgan fingerprint density at radius 1 is 1.00 bits per heavy atom. The average molecular weight is 238 g/mol. The van der Waals surface area contributed by atoms with Crippen LogP contribution in [-0.4, -0.2) is 27.3 Å². The molecule has 1 aromatic carbocycles. The van der Waals surface area contributed by atoms with E-state index >= 15 is 0 Å². The summed E-state index contributed by atoms with van der Waals surface area (Å²) in [6.07, 6.45) is 0. The molecule has 0 bridgehead atoms. The second kappa shape index (κ2) is 3.72. The van der Waals surface area contributed by atoms with Gasteiger partial charge in [0, 0.05) is 0 Å². The summed E-state index contributed by atoms with van der Waals surface area (Å²) in [4.78, 5) is 21.4. The predicted octanol–water partition coefficient (Wildman–Crippen LogP) is 1.21. The molecule has 0 aromatic heterocycles. The van der Waals surface area contributed by atoms with E-state index < -0.39 is 46.3 Å². The van der Waals surface area contributed by atoms with Crippen LogP contribution in [0.4, 0.5) is 13.2 Å². The lowest BCUT2D eigenvalue weighted by Crippen LogP contribution is -2.15. The Labute approximate surface area is 86.9 Å². The molecule has 0 aliphatic rings. The van der Waals surface area contributed by atoms with Crippen LogP contribution in [0.5, 0.6) is 5.75 Å². The molecule has 86 valence electrons. The molecule has 16 heavy (non-hydrogen) atoms. The van der Waals surface area contributed by atoms with Crippen molar-refractivity contribution in [1.29, 1.82) is 1.43 Å². The second-order valence-electron chi connectivity index (χ2n) is 2.63.